The number of fused-ring (bicyclic) bond motifs is 1. The molecule has 0 aromatic heterocycles. The van der Waals surface area contributed by atoms with Crippen LogP contribution >= 0.6 is 11.6 Å². The summed E-state index contributed by atoms with van der Waals surface area (Å²) in [5.41, 5.74) is 1.29. The van der Waals surface area contributed by atoms with Crippen molar-refractivity contribution in [1.82, 2.24) is 0 Å². The Balaban J connectivity index is 2.01. The zero-order valence-electron chi connectivity index (χ0n) is 18.3. The lowest BCUT2D eigenvalue weighted by Crippen LogP contribution is -2.48. The maximum absolute atomic E-state index is 13.1. The Labute approximate surface area is 192 Å². The van der Waals surface area contributed by atoms with Crippen LogP contribution in [-0.4, -0.2) is 37.2 Å². The number of halogens is 1. The second kappa shape index (κ2) is 9.74. The van der Waals surface area contributed by atoms with Crippen molar-refractivity contribution in [2.75, 3.05) is 14.2 Å². The molecule has 0 fully saturated rings. The topological polar surface area (TPSA) is 89.9 Å². The minimum atomic E-state index is -0.949. The normalized spacial score (nSPS) is 27.2. The molecule has 0 bridgehead atoms. The van der Waals surface area contributed by atoms with Gasteiger partial charge in [-0.15, -0.1) is 0 Å². The molecule has 170 valence electrons. The van der Waals surface area contributed by atoms with E-state index in [9.17, 15) is 19.5 Å². The minimum Gasteiger partial charge on any atom is -0.481 e. The number of benzene rings is 1. The number of aliphatic carboxylic acids is 1. The molecule has 0 amide bonds. The molecule has 2 aliphatic carbocycles. The molecule has 0 saturated carbocycles. The van der Waals surface area contributed by atoms with Crippen molar-refractivity contribution in [2.24, 2.45) is 23.2 Å². The Hall–Kier alpha value is -2.86. The van der Waals surface area contributed by atoms with Crippen LogP contribution in [-0.2, 0) is 19.1 Å². The molecule has 1 aromatic carbocycles. The Kier molecular flexibility index (Phi) is 7.24. The van der Waals surface area contributed by atoms with Gasteiger partial charge in [0.2, 0.25) is 0 Å². The van der Waals surface area contributed by atoms with Crippen molar-refractivity contribution in [3.8, 4) is 0 Å². The van der Waals surface area contributed by atoms with Crippen molar-refractivity contribution in [3.63, 3.8) is 0 Å². The van der Waals surface area contributed by atoms with Crippen LogP contribution in [0.5, 0.6) is 0 Å². The molecule has 0 heterocycles. The minimum absolute atomic E-state index is 0.0286. The van der Waals surface area contributed by atoms with Crippen molar-refractivity contribution in [3.05, 3.63) is 65.3 Å². The molecule has 2 aliphatic rings. The summed E-state index contributed by atoms with van der Waals surface area (Å²) in [5.74, 6) is -2.23. The van der Waals surface area contributed by atoms with Crippen molar-refractivity contribution < 1.29 is 29.0 Å². The summed E-state index contributed by atoms with van der Waals surface area (Å²) in [5, 5.41) is 9.65. The van der Waals surface area contributed by atoms with E-state index < -0.39 is 17.4 Å². The van der Waals surface area contributed by atoms with Crippen LogP contribution in [0.15, 0.2) is 54.1 Å². The highest BCUT2D eigenvalue weighted by atomic mass is 35.5. The summed E-state index contributed by atoms with van der Waals surface area (Å²) >= 11 is 6.65. The van der Waals surface area contributed by atoms with E-state index in [0.717, 1.165) is 5.57 Å². The Morgan fingerprint density at radius 3 is 2.41 bits per heavy atom. The molecular formula is C25H27ClO6. The van der Waals surface area contributed by atoms with E-state index in [1.165, 1.54) is 14.2 Å². The van der Waals surface area contributed by atoms with Gasteiger partial charge >= 0.3 is 17.9 Å². The quantitative estimate of drug-likeness (QED) is 0.484. The maximum atomic E-state index is 13.1. The zero-order valence-corrected chi connectivity index (χ0v) is 19.1. The molecule has 0 aliphatic heterocycles. The van der Waals surface area contributed by atoms with E-state index in [4.69, 9.17) is 21.1 Å². The van der Waals surface area contributed by atoms with Crippen LogP contribution in [0.1, 0.15) is 42.1 Å². The van der Waals surface area contributed by atoms with Crippen molar-refractivity contribution >= 4 is 34.5 Å². The van der Waals surface area contributed by atoms with Gasteiger partial charge in [0.05, 0.1) is 31.6 Å². The second-order valence-electron chi connectivity index (χ2n) is 8.40. The molecule has 3 rings (SSSR count). The Morgan fingerprint density at radius 2 is 1.81 bits per heavy atom. The van der Waals surface area contributed by atoms with E-state index in [2.05, 4.69) is 0 Å². The summed E-state index contributed by atoms with van der Waals surface area (Å²) in [4.78, 5) is 36.0. The fraction of sp³-hybridized carbons (Fsp3) is 0.400. The van der Waals surface area contributed by atoms with Gasteiger partial charge < -0.3 is 14.6 Å². The fourth-order valence-electron chi connectivity index (χ4n) is 4.85. The first-order valence-electron chi connectivity index (χ1n) is 10.4. The average Bonchev–Trinajstić information content (AvgIpc) is 2.77. The number of allylic oxidation sites excluding steroid dienone is 4. The first-order chi connectivity index (χ1) is 15.2. The van der Waals surface area contributed by atoms with Gasteiger partial charge in [0.1, 0.15) is 0 Å². The lowest BCUT2D eigenvalue weighted by Gasteiger charge is -2.47. The summed E-state index contributed by atoms with van der Waals surface area (Å²) in [7, 11) is 2.69. The average molecular weight is 459 g/mol. The molecule has 6 nitrogen and oxygen atoms in total. The Bertz CT molecular complexity index is 990. The molecule has 0 radical (unpaired) electrons. The maximum Gasteiger partial charge on any atom is 0.337 e. The standard InChI is InChI=1S/C25H27ClO6/c1-15-10-19-12-16(13-22(27)28)8-9-25(19,24(30)32-3)20(11-15)14-21(26)17-4-6-18(7-5-17)23(29)31-2/h4-9,11,14,16,19-20H,10,12-13H2,1-3H3,(H,27,28)/b21-14-/t16-,19+,20+,25+/m1/s1. The smallest absolute Gasteiger partial charge is 0.337 e. The molecule has 7 heteroatoms. The van der Waals surface area contributed by atoms with Crippen LogP contribution in [0, 0.1) is 23.2 Å². The summed E-state index contributed by atoms with van der Waals surface area (Å²) in [6.45, 7) is 2.01. The molecule has 1 N–H and O–H groups in total. The fourth-order valence-corrected chi connectivity index (χ4v) is 5.12. The third kappa shape index (κ3) is 4.65. The van der Waals surface area contributed by atoms with Gasteiger partial charge in [-0.1, -0.05) is 53.6 Å². The second-order valence-corrected chi connectivity index (χ2v) is 8.81. The monoisotopic (exact) mass is 458 g/mol. The van der Waals surface area contributed by atoms with E-state index in [-0.39, 0.29) is 30.1 Å². The van der Waals surface area contributed by atoms with Crippen LogP contribution in [0.3, 0.4) is 0 Å². The van der Waals surface area contributed by atoms with Gasteiger partial charge in [0, 0.05) is 11.0 Å². The highest BCUT2D eigenvalue weighted by molar-refractivity contribution is 6.48. The molecule has 32 heavy (non-hydrogen) atoms. The van der Waals surface area contributed by atoms with Crippen LogP contribution in [0.4, 0.5) is 0 Å². The first-order valence-corrected chi connectivity index (χ1v) is 10.8. The molecule has 0 spiro atoms. The number of rotatable bonds is 6. The van der Waals surface area contributed by atoms with E-state index in [0.29, 0.717) is 29.0 Å². The Morgan fingerprint density at radius 1 is 1.16 bits per heavy atom. The number of hydrogen-bond donors (Lipinski definition) is 1. The van der Waals surface area contributed by atoms with Crippen LogP contribution in [0.25, 0.3) is 5.03 Å². The van der Waals surface area contributed by atoms with Gasteiger partial charge in [-0.25, -0.2) is 4.79 Å². The van der Waals surface area contributed by atoms with Gasteiger partial charge in [-0.3, -0.25) is 9.59 Å². The number of carboxylic acids is 1. The largest absolute Gasteiger partial charge is 0.481 e. The number of hydrogen-bond acceptors (Lipinski definition) is 5. The number of carbonyl (C=O) groups is 3. The molecule has 0 saturated heterocycles. The summed E-state index contributed by atoms with van der Waals surface area (Å²) in [6.07, 6.45) is 8.82. The summed E-state index contributed by atoms with van der Waals surface area (Å²) < 4.78 is 9.94. The van der Waals surface area contributed by atoms with Gasteiger partial charge in [-0.2, -0.15) is 0 Å². The zero-order chi connectivity index (χ0) is 23.5. The highest BCUT2D eigenvalue weighted by Gasteiger charge is 2.53. The number of esters is 2. The third-order valence-electron chi connectivity index (χ3n) is 6.37. The number of carboxylic acid groups (broad SMARTS) is 1. The first kappa shape index (κ1) is 23.8. The predicted molar refractivity (Wildman–Crippen MR) is 121 cm³/mol. The molecular weight excluding hydrogens is 432 g/mol. The number of ether oxygens (including phenoxy) is 2. The molecule has 1 aromatic rings. The third-order valence-corrected chi connectivity index (χ3v) is 6.72. The van der Waals surface area contributed by atoms with E-state index >= 15 is 0 Å². The van der Waals surface area contributed by atoms with Crippen molar-refractivity contribution in [2.45, 2.75) is 26.2 Å². The summed E-state index contributed by atoms with van der Waals surface area (Å²) in [6, 6.07) is 6.73. The van der Waals surface area contributed by atoms with E-state index in [1.807, 2.05) is 31.2 Å². The van der Waals surface area contributed by atoms with Gasteiger partial charge in [0.25, 0.3) is 0 Å². The van der Waals surface area contributed by atoms with Crippen LogP contribution in [0.2, 0.25) is 0 Å². The molecule has 4 atom stereocenters. The van der Waals surface area contributed by atoms with Crippen molar-refractivity contribution in [1.29, 1.82) is 0 Å². The van der Waals surface area contributed by atoms with Gasteiger partial charge in [-0.05, 0) is 49.3 Å². The predicted octanol–water partition coefficient (Wildman–Crippen LogP) is 4.85. The van der Waals surface area contributed by atoms with Crippen LogP contribution < -0.4 is 0 Å². The van der Waals surface area contributed by atoms with E-state index in [1.54, 1.807) is 24.3 Å². The van der Waals surface area contributed by atoms with Gasteiger partial charge in [0.15, 0.2) is 0 Å². The lowest BCUT2D eigenvalue weighted by molar-refractivity contribution is -0.156. The lowest BCUT2D eigenvalue weighted by atomic mass is 9.56. The highest BCUT2D eigenvalue weighted by Crippen LogP contribution is 2.53. The number of carbonyl (C=O) groups excluding carboxylic acids is 2. The molecule has 0 unspecified atom stereocenters. The SMILES string of the molecule is COC(=O)c1ccc(/C(Cl)=C/[C@@H]2C=C(C)C[C@H]3C[C@H](CC(=O)O)C=C[C@]32C(=O)OC)cc1. The number of methoxy groups -OCH3 is 2.